The maximum absolute atomic E-state index is 14.4. The van der Waals surface area contributed by atoms with Crippen molar-refractivity contribution < 1.29 is 28.9 Å². The summed E-state index contributed by atoms with van der Waals surface area (Å²) in [5.74, 6) is -1.82. The maximum Gasteiger partial charge on any atom is 0.259 e. The molecule has 5 rings (SSSR count). The topological polar surface area (TPSA) is 87.1 Å². The van der Waals surface area contributed by atoms with Crippen LogP contribution in [0, 0.1) is 11.7 Å². The van der Waals surface area contributed by atoms with Crippen molar-refractivity contribution in [2.45, 2.75) is 57.1 Å². The highest BCUT2D eigenvalue weighted by Crippen LogP contribution is 2.47. The van der Waals surface area contributed by atoms with Gasteiger partial charge in [-0.1, -0.05) is 50.6 Å². The number of rotatable bonds is 8. The summed E-state index contributed by atoms with van der Waals surface area (Å²) in [7, 11) is 0. The Morgan fingerprint density at radius 2 is 1.88 bits per heavy atom. The first kappa shape index (κ1) is 29.7. The van der Waals surface area contributed by atoms with Gasteiger partial charge in [0, 0.05) is 16.3 Å². The minimum atomic E-state index is -0.982. The van der Waals surface area contributed by atoms with E-state index in [1.807, 2.05) is 26.8 Å². The summed E-state index contributed by atoms with van der Waals surface area (Å²) < 4.78 is 20.8. The molecule has 2 aliphatic rings. The van der Waals surface area contributed by atoms with Crippen LogP contribution in [0.3, 0.4) is 0 Å². The zero-order chi connectivity index (χ0) is 29.6. The second kappa shape index (κ2) is 11.5. The molecule has 0 saturated heterocycles. The lowest BCUT2D eigenvalue weighted by Crippen LogP contribution is -2.45. The Bertz CT molecular complexity index is 1500. The van der Waals surface area contributed by atoms with Crippen molar-refractivity contribution in [3.63, 3.8) is 0 Å². The van der Waals surface area contributed by atoms with E-state index in [2.05, 4.69) is 15.9 Å². The van der Waals surface area contributed by atoms with Crippen LogP contribution in [0.4, 0.5) is 10.1 Å². The minimum Gasteiger partial charge on any atom is -0.490 e. The van der Waals surface area contributed by atoms with Crippen LogP contribution in [0.2, 0.25) is 5.02 Å². The molecule has 3 aromatic rings. The van der Waals surface area contributed by atoms with Gasteiger partial charge in [-0.2, -0.15) is 0 Å². The van der Waals surface area contributed by atoms with Crippen LogP contribution in [0.25, 0.3) is 0 Å². The Labute approximate surface area is 252 Å². The number of amides is 1. The second-order valence-corrected chi connectivity index (χ2v) is 13.0. The molecule has 1 saturated carbocycles. The van der Waals surface area contributed by atoms with Crippen LogP contribution in [0.1, 0.15) is 72.6 Å². The summed E-state index contributed by atoms with van der Waals surface area (Å²) in [4.78, 5) is 28.9. The third-order valence-electron chi connectivity index (χ3n) is 7.81. The summed E-state index contributed by atoms with van der Waals surface area (Å²) in [6.07, 6.45) is 1.43. The fraction of sp³-hybridized carbons (Fsp3) is 0.375. The number of carbonyl (C=O) groups is 2. The number of hydrogen-bond acceptors (Lipinski definition) is 5. The SMILES string of the molecule is CC(C)(C)c1ccc(N2C(=O)c3cc(F)ccc3[C@H](C(=O)CO)[C@H]2c2ccc(OCC(O)C3CC3)c(Br)c2)cc1Cl. The molecule has 0 spiro atoms. The van der Waals surface area contributed by atoms with Gasteiger partial charge in [0.25, 0.3) is 5.91 Å². The predicted molar refractivity (Wildman–Crippen MR) is 159 cm³/mol. The monoisotopic (exact) mass is 643 g/mol. The van der Waals surface area contributed by atoms with Crippen molar-refractivity contribution in [2.24, 2.45) is 5.92 Å². The minimum absolute atomic E-state index is 0.0529. The number of benzene rings is 3. The molecule has 6 nitrogen and oxygen atoms in total. The molecule has 1 unspecified atom stereocenters. The number of hydrogen-bond donors (Lipinski definition) is 2. The lowest BCUT2D eigenvalue weighted by Gasteiger charge is -2.42. The van der Waals surface area contributed by atoms with Crippen molar-refractivity contribution in [3.8, 4) is 5.75 Å². The van der Waals surface area contributed by atoms with E-state index in [1.54, 1.807) is 30.3 Å². The highest BCUT2D eigenvalue weighted by Gasteiger charge is 2.45. The summed E-state index contributed by atoms with van der Waals surface area (Å²) >= 11 is 10.3. The van der Waals surface area contributed by atoms with E-state index in [0.717, 1.165) is 24.5 Å². The van der Waals surface area contributed by atoms with Crippen LogP contribution in [-0.2, 0) is 10.2 Å². The average Bonchev–Trinajstić information content (AvgIpc) is 3.77. The van der Waals surface area contributed by atoms with Crippen molar-refractivity contribution in [2.75, 3.05) is 18.1 Å². The van der Waals surface area contributed by atoms with Gasteiger partial charge in [0.2, 0.25) is 0 Å². The number of fused-ring (bicyclic) bond motifs is 1. The molecule has 0 bridgehead atoms. The summed E-state index contributed by atoms with van der Waals surface area (Å²) in [5, 5.41) is 20.7. The second-order valence-electron chi connectivity index (χ2n) is 11.8. The summed E-state index contributed by atoms with van der Waals surface area (Å²) in [5.41, 5.74) is 2.07. The standard InChI is InChI=1S/C32H32BrClFNO5/c1-32(2,3)23-10-8-20(14-25(23)34)36-30(18-6-11-28(24(33)12-18)41-16-27(39)17-4-5-17)29(26(38)15-37)21-9-7-19(35)13-22(21)31(36)40/h6-14,17,27,29-30,37,39H,4-5,15-16H2,1-3H3/t27?,29-,30-/m1/s1. The predicted octanol–water partition coefficient (Wildman–Crippen LogP) is 6.74. The van der Waals surface area contributed by atoms with E-state index < -0.39 is 42.2 Å². The molecule has 1 aliphatic carbocycles. The fourth-order valence-corrected chi connectivity index (χ4v) is 6.47. The number of Topliss-reactive ketones (excluding diaryl/α,β-unsaturated/α-hetero) is 1. The van der Waals surface area contributed by atoms with Gasteiger partial charge in [-0.15, -0.1) is 0 Å². The summed E-state index contributed by atoms with van der Waals surface area (Å²) in [6.45, 7) is 5.48. The first-order valence-electron chi connectivity index (χ1n) is 13.6. The van der Waals surface area contributed by atoms with Crippen molar-refractivity contribution in [1.82, 2.24) is 0 Å². The van der Waals surface area contributed by atoms with Gasteiger partial charge >= 0.3 is 0 Å². The van der Waals surface area contributed by atoms with Crippen molar-refractivity contribution in [3.05, 3.63) is 92.2 Å². The Hall–Kier alpha value is -2.78. The Morgan fingerprint density at radius 1 is 1.15 bits per heavy atom. The molecule has 3 atom stereocenters. The Balaban J connectivity index is 1.64. The molecule has 216 valence electrons. The molecule has 0 radical (unpaired) electrons. The highest BCUT2D eigenvalue weighted by atomic mass is 79.9. The number of aliphatic hydroxyl groups excluding tert-OH is 2. The number of nitrogens with zero attached hydrogens (tertiary/aromatic N) is 1. The van der Waals surface area contributed by atoms with Crippen LogP contribution in [-0.4, -0.2) is 41.2 Å². The van der Waals surface area contributed by atoms with Crippen LogP contribution >= 0.6 is 27.5 Å². The zero-order valence-electron chi connectivity index (χ0n) is 23.0. The number of ketones is 1. The molecular formula is C32H32BrClFNO5. The molecular weight excluding hydrogens is 613 g/mol. The van der Waals surface area contributed by atoms with Crippen molar-refractivity contribution in [1.29, 1.82) is 0 Å². The lowest BCUT2D eigenvalue weighted by atomic mass is 9.77. The third kappa shape index (κ3) is 5.93. The average molecular weight is 645 g/mol. The molecule has 1 aliphatic heterocycles. The van der Waals surface area contributed by atoms with Crippen LogP contribution in [0.15, 0.2) is 59.1 Å². The van der Waals surface area contributed by atoms with E-state index in [0.29, 0.717) is 32.1 Å². The smallest absolute Gasteiger partial charge is 0.259 e. The van der Waals surface area contributed by atoms with E-state index in [4.69, 9.17) is 16.3 Å². The van der Waals surface area contributed by atoms with Gasteiger partial charge in [0.05, 0.1) is 22.5 Å². The normalized spacial score (nSPS) is 19.6. The van der Waals surface area contributed by atoms with E-state index in [-0.39, 0.29) is 23.5 Å². The van der Waals surface area contributed by atoms with Gasteiger partial charge in [-0.3, -0.25) is 14.5 Å². The number of anilines is 1. The van der Waals surface area contributed by atoms with E-state index in [9.17, 15) is 24.2 Å². The number of halogens is 3. The first-order chi connectivity index (χ1) is 19.4. The molecule has 3 aromatic carbocycles. The molecule has 1 fully saturated rings. The van der Waals surface area contributed by atoms with Gasteiger partial charge in [-0.05, 0) is 93.2 Å². The molecule has 1 heterocycles. The third-order valence-corrected chi connectivity index (χ3v) is 8.74. The summed E-state index contributed by atoms with van der Waals surface area (Å²) in [6, 6.07) is 13.4. The Kier molecular flexibility index (Phi) is 8.32. The van der Waals surface area contributed by atoms with Crippen LogP contribution in [0.5, 0.6) is 5.75 Å². The maximum atomic E-state index is 14.4. The van der Waals surface area contributed by atoms with Crippen LogP contribution < -0.4 is 9.64 Å². The van der Waals surface area contributed by atoms with Gasteiger partial charge in [0.15, 0.2) is 5.78 Å². The fourth-order valence-electron chi connectivity index (χ4n) is 5.50. The van der Waals surface area contributed by atoms with Gasteiger partial charge in [0.1, 0.15) is 24.8 Å². The van der Waals surface area contributed by atoms with E-state index >= 15 is 0 Å². The molecule has 2 N–H and O–H groups in total. The van der Waals surface area contributed by atoms with Gasteiger partial charge in [-0.25, -0.2) is 4.39 Å². The number of aliphatic hydroxyl groups is 2. The quantitative estimate of drug-likeness (QED) is 0.284. The largest absolute Gasteiger partial charge is 0.490 e. The molecule has 41 heavy (non-hydrogen) atoms. The lowest BCUT2D eigenvalue weighted by molar-refractivity contribution is -0.123. The molecule has 9 heteroatoms. The van der Waals surface area contributed by atoms with Gasteiger partial charge < -0.3 is 14.9 Å². The van der Waals surface area contributed by atoms with E-state index in [1.165, 1.54) is 17.0 Å². The molecule has 0 aromatic heterocycles. The highest BCUT2D eigenvalue weighted by molar-refractivity contribution is 9.10. The molecule has 1 amide bonds. The number of ether oxygens (including phenoxy) is 1. The van der Waals surface area contributed by atoms with Crippen molar-refractivity contribution >= 4 is 44.9 Å². The zero-order valence-corrected chi connectivity index (χ0v) is 25.4. The first-order valence-corrected chi connectivity index (χ1v) is 14.7. The number of carbonyl (C=O) groups excluding carboxylic acids is 2. The Morgan fingerprint density at radius 3 is 2.49 bits per heavy atom.